The number of carbonyl (C=O) groups is 3. The lowest BCUT2D eigenvalue weighted by Gasteiger charge is -2.22. The van der Waals surface area contributed by atoms with Crippen LogP contribution in [-0.2, 0) is 19.0 Å². The molecule has 2 amide bonds. The van der Waals surface area contributed by atoms with Crippen LogP contribution in [0.4, 0.5) is 9.59 Å². The molecule has 0 saturated carbocycles. The number of ether oxygens (including phenoxy) is 3. The van der Waals surface area contributed by atoms with Crippen molar-refractivity contribution in [2.75, 3.05) is 26.4 Å². The maximum absolute atomic E-state index is 12.5. The Bertz CT molecular complexity index is 575. The van der Waals surface area contributed by atoms with Gasteiger partial charge in [-0.15, -0.1) is 0 Å². The van der Waals surface area contributed by atoms with Crippen molar-refractivity contribution in [3.8, 4) is 0 Å². The third kappa shape index (κ3) is 9.54. The molecule has 0 aromatic heterocycles. The fraction of sp³-hybridized carbons (Fsp3) is 0.737. The average molecular weight is 430 g/mol. The average Bonchev–Trinajstić information content (AvgIpc) is 3.29. The van der Waals surface area contributed by atoms with Gasteiger partial charge in [-0.25, -0.2) is 14.5 Å². The van der Waals surface area contributed by atoms with Crippen molar-refractivity contribution in [2.24, 2.45) is 5.92 Å². The largest absolute Gasteiger partial charge is 0.465 e. The standard InChI is InChI=1S/C19H35NO6Si2/c1-8-24-17(21)16-13-15(16)14-20(18(22)25-9-11-27(2,3)4)19(23)26-10-12-28(5,6)7/h13,16H,8-12,14H2,1-7H3/t16-/m0/s1. The zero-order valence-corrected chi connectivity index (χ0v) is 20.3. The van der Waals surface area contributed by atoms with E-state index in [1.54, 1.807) is 13.0 Å². The highest BCUT2D eigenvalue weighted by molar-refractivity contribution is 6.76. The number of carbonyl (C=O) groups excluding carboxylic acids is 3. The summed E-state index contributed by atoms with van der Waals surface area (Å²) in [5.74, 6) is -0.830. The molecule has 1 aliphatic carbocycles. The zero-order valence-electron chi connectivity index (χ0n) is 18.3. The van der Waals surface area contributed by atoms with E-state index in [9.17, 15) is 14.4 Å². The fourth-order valence-electron chi connectivity index (χ4n) is 2.20. The van der Waals surface area contributed by atoms with E-state index in [1.807, 2.05) is 0 Å². The molecule has 0 aliphatic heterocycles. The molecule has 0 unspecified atom stereocenters. The molecule has 0 radical (unpaired) electrons. The van der Waals surface area contributed by atoms with Gasteiger partial charge in [-0.3, -0.25) is 4.79 Å². The Morgan fingerprint density at radius 3 is 1.75 bits per heavy atom. The molecular formula is C19H35NO6Si2. The van der Waals surface area contributed by atoms with Crippen molar-refractivity contribution < 1.29 is 28.6 Å². The molecule has 9 heteroatoms. The summed E-state index contributed by atoms with van der Waals surface area (Å²) >= 11 is 0. The third-order valence-electron chi connectivity index (χ3n) is 4.15. The molecule has 0 N–H and O–H groups in total. The van der Waals surface area contributed by atoms with Crippen LogP contribution in [0.5, 0.6) is 0 Å². The molecule has 160 valence electrons. The van der Waals surface area contributed by atoms with E-state index < -0.39 is 34.3 Å². The van der Waals surface area contributed by atoms with Gasteiger partial charge in [-0.05, 0) is 24.6 Å². The Balaban J connectivity index is 2.66. The van der Waals surface area contributed by atoms with Gasteiger partial charge in [-0.2, -0.15) is 0 Å². The Hall–Kier alpha value is -1.62. The van der Waals surface area contributed by atoms with Crippen molar-refractivity contribution in [3.05, 3.63) is 11.6 Å². The summed E-state index contributed by atoms with van der Waals surface area (Å²) in [5, 5.41) is 0. The van der Waals surface area contributed by atoms with Crippen LogP contribution < -0.4 is 0 Å². The lowest BCUT2D eigenvalue weighted by atomic mass is 10.3. The lowest BCUT2D eigenvalue weighted by molar-refractivity contribution is -0.144. The van der Waals surface area contributed by atoms with Gasteiger partial charge in [0.05, 0.1) is 32.3 Å². The van der Waals surface area contributed by atoms with Crippen LogP contribution >= 0.6 is 0 Å². The first-order valence-corrected chi connectivity index (χ1v) is 17.2. The number of hydrogen-bond donors (Lipinski definition) is 0. The van der Waals surface area contributed by atoms with Gasteiger partial charge in [0, 0.05) is 16.1 Å². The van der Waals surface area contributed by atoms with Crippen molar-refractivity contribution in [1.29, 1.82) is 0 Å². The summed E-state index contributed by atoms with van der Waals surface area (Å²) in [4.78, 5) is 37.7. The molecular weight excluding hydrogens is 394 g/mol. The number of nitrogens with zero attached hydrogens (tertiary/aromatic N) is 1. The van der Waals surface area contributed by atoms with Crippen LogP contribution in [0, 0.1) is 5.92 Å². The summed E-state index contributed by atoms with van der Waals surface area (Å²) in [7, 11) is -2.73. The molecule has 1 aliphatic rings. The van der Waals surface area contributed by atoms with Gasteiger partial charge < -0.3 is 14.2 Å². The number of esters is 1. The highest BCUT2D eigenvalue weighted by atomic mass is 28.3. The molecule has 1 atom stereocenters. The predicted molar refractivity (Wildman–Crippen MR) is 114 cm³/mol. The maximum atomic E-state index is 12.5. The highest BCUT2D eigenvalue weighted by Crippen LogP contribution is 2.31. The van der Waals surface area contributed by atoms with E-state index in [2.05, 4.69) is 39.3 Å². The van der Waals surface area contributed by atoms with Crippen LogP contribution in [0.2, 0.25) is 51.4 Å². The van der Waals surface area contributed by atoms with Gasteiger partial charge in [-0.1, -0.05) is 45.4 Å². The van der Waals surface area contributed by atoms with Gasteiger partial charge >= 0.3 is 18.2 Å². The Morgan fingerprint density at radius 1 is 0.893 bits per heavy atom. The molecule has 1 rings (SSSR count). The van der Waals surface area contributed by atoms with Crippen LogP contribution in [0.3, 0.4) is 0 Å². The van der Waals surface area contributed by atoms with Crippen molar-refractivity contribution in [2.45, 2.75) is 58.3 Å². The van der Waals surface area contributed by atoms with Crippen LogP contribution in [0.25, 0.3) is 0 Å². The van der Waals surface area contributed by atoms with Crippen LogP contribution in [-0.4, -0.2) is 65.6 Å². The highest BCUT2D eigenvalue weighted by Gasteiger charge is 2.38. The van der Waals surface area contributed by atoms with E-state index in [4.69, 9.17) is 14.2 Å². The van der Waals surface area contributed by atoms with Crippen LogP contribution in [0.15, 0.2) is 11.6 Å². The second-order valence-corrected chi connectivity index (χ2v) is 20.7. The Kier molecular flexibility index (Phi) is 8.93. The molecule has 0 aromatic carbocycles. The second kappa shape index (κ2) is 10.2. The van der Waals surface area contributed by atoms with E-state index in [1.165, 1.54) is 0 Å². The van der Waals surface area contributed by atoms with Crippen molar-refractivity contribution in [1.82, 2.24) is 4.90 Å². The number of amides is 2. The Morgan fingerprint density at radius 2 is 1.36 bits per heavy atom. The van der Waals surface area contributed by atoms with Crippen molar-refractivity contribution in [3.63, 3.8) is 0 Å². The first-order chi connectivity index (χ1) is 12.8. The number of rotatable bonds is 10. The van der Waals surface area contributed by atoms with Gasteiger partial charge in [0.2, 0.25) is 0 Å². The first-order valence-electron chi connectivity index (χ1n) is 9.82. The number of hydrogen-bond acceptors (Lipinski definition) is 6. The summed E-state index contributed by atoms with van der Waals surface area (Å²) in [5.41, 5.74) is 0.669. The summed E-state index contributed by atoms with van der Waals surface area (Å²) in [6, 6.07) is 1.62. The topological polar surface area (TPSA) is 82.1 Å². The van der Waals surface area contributed by atoms with E-state index in [-0.39, 0.29) is 32.3 Å². The lowest BCUT2D eigenvalue weighted by Crippen LogP contribution is -2.40. The monoisotopic (exact) mass is 429 g/mol. The summed E-state index contributed by atoms with van der Waals surface area (Å²) < 4.78 is 15.6. The molecule has 7 nitrogen and oxygen atoms in total. The fourth-order valence-corrected chi connectivity index (χ4v) is 3.63. The number of imide groups is 1. The first kappa shape index (κ1) is 24.4. The Labute approximate surface area is 170 Å². The molecule has 0 saturated heterocycles. The normalized spacial score (nSPS) is 16.1. The molecule has 0 aromatic rings. The second-order valence-electron chi connectivity index (χ2n) is 9.41. The smallest absolute Gasteiger partial charge is 0.419 e. The molecule has 28 heavy (non-hydrogen) atoms. The zero-order chi connectivity index (χ0) is 21.5. The molecule has 0 bridgehead atoms. The summed E-state index contributed by atoms with van der Waals surface area (Å²) in [6.45, 7) is 15.6. The van der Waals surface area contributed by atoms with E-state index >= 15 is 0 Å². The molecule has 0 spiro atoms. The van der Waals surface area contributed by atoms with Gasteiger partial charge in [0.15, 0.2) is 0 Å². The van der Waals surface area contributed by atoms with Gasteiger partial charge in [0.1, 0.15) is 0 Å². The van der Waals surface area contributed by atoms with E-state index in [0.29, 0.717) is 5.57 Å². The quantitative estimate of drug-likeness (QED) is 0.222. The molecule has 0 heterocycles. The van der Waals surface area contributed by atoms with Gasteiger partial charge in [0.25, 0.3) is 0 Å². The SMILES string of the molecule is CCOC(=O)[C@H]1C=C1CN(C(=O)OCC[Si](C)(C)C)C(=O)OCC[Si](C)(C)C. The predicted octanol–water partition coefficient (Wildman–Crippen LogP) is 4.36. The maximum Gasteiger partial charge on any atom is 0.419 e. The van der Waals surface area contributed by atoms with Crippen LogP contribution in [0.1, 0.15) is 6.92 Å². The minimum atomic E-state index is -1.36. The minimum absolute atomic E-state index is 0.0129. The third-order valence-corrected chi connectivity index (χ3v) is 7.56. The minimum Gasteiger partial charge on any atom is -0.465 e. The molecule has 0 fully saturated rings. The van der Waals surface area contributed by atoms with E-state index in [0.717, 1.165) is 17.0 Å². The van der Waals surface area contributed by atoms with Crippen molar-refractivity contribution >= 4 is 34.3 Å². The summed E-state index contributed by atoms with van der Waals surface area (Å²) in [6.07, 6.45) is 0.230.